The standard InChI is InChI=1S/C14H19N3O2/c1-14(8-15,16-9-3-4-9)5-2-6-17-12(18)10-7-11(10)13(17)19/h9-11,16H,2-7H2,1H3. The van der Waals surface area contributed by atoms with E-state index in [1.807, 2.05) is 6.92 Å². The van der Waals surface area contributed by atoms with Crippen LogP contribution >= 0.6 is 0 Å². The van der Waals surface area contributed by atoms with Crippen molar-refractivity contribution >= 4 is 11.8 Å². The maximum Gasteiger partial charge on any atom is 0.233 e. The Labute approximate surface area is 112 Å². The van der Waals surface area contributed by atoms with Crippen molar-refractivity contribution in [3.63, 3.8) is 0 Å². The fourth-order valence-corrected chi connectivity index (χ4v) is 2.90. The zero-order chi connectivity index (χ0) is 13.6. The van der Waals surface area contributed by atoms with Gasteiger partial charge < -0.3 is 0 Å². The minimum atomic E-state index is -0.532. The Morgan fingerprint density at radius 3 is 2.53 bits per heavy atom. The zero-order valence-electron chi connectivity index (χ0n) is 11.2. The summed E-state index contributed by atoms with van der Waals surface area (Å²) >= 11 is 0. The van der Waals surface area contributed by atoms with Crippen molar-refractivity contribution in [2.24, 2.45) is 11.8 Å². The Hall–Kier alpha value is -1.41. The number of hydrogen-bond donors (Lipinski definition) is 1. The van der Waals surface area contributed by atoms with Gasteiger partial charge in [-0.25, -0.2) is 0 Å². The number of fused-ring (bicyclic) bond motifs is 1. The van der Waals surface area contributed by atoms with Gasteiger partial charge in [0.2, 0.25) is 11.8 Å². The molecule has 1 aliphatic heterocycles. The minimum absolute atomic E-state index is 0.00353. The number of nitrogens with one attached hydrogen (secondary N) is 1. The first-order valence-electron chi connectivity index (χ1n) is 7.08. The lowest BCUT2D eigenvalue weighted by Crippen LogP contribution is -2.43. The molecule has 19 heavy (non-hydrogen) atoms. The summed E-state index contributed by atoms with van der Waals surface area (Å²) < 4.78 is 0. The maximum atomic E-state index is 11.8. The van der Waals surface area contributed by atoms with Gasteiger partial charge in [-0.2, -0.15) is 5.26 Å². The fraction of sp³-hybridized carbons (Fsp3) is 0.786. The van der Waals surface area contributed by atoms with E-state index >= 15 is 0 Å². The van der Waals surface area contributed by atoms with Gasteiger partial charge in [0.25, 0.3) is 0 Å². The molecule has 5 heteroatoms. The van der Waals surface area contributed by atoms with Crippen LogP contribution in [0.1, 0.15) is 39.0 Å². The molecule has 3 fully saturated rings. The van der Waals surface area contributed by atoms with Crippen LogP contribution in [-0.2, 0) is 9.59 Å². The molecule has 0 radical (unpaired) electrons. The van der Waals surface area contributed by atoms with Gasteiger partial charge in [0.15, 0.2) is 0 Å². The molecular formula is C14H19N3O2. The lowest BCUT2D eigenvalue weighted by atomic mass is 9.97. The smallest absolute Gasteiger partial charge is 0.233 e. The molecule has 0 aromatic carbocycles. The zero-order valence-corrected chi connectivity index (χ0v) is 11.2. The number of hydrogen-bond acceptors (Lipinski definition) is 4. The number of amides is 2. The monoisotopic (exact) mass is 261 g/mol. The van der Waals surface area contributed by atoms with Gasteiger partial charge in [0.05, 0.1) is 17.9 Å². The predicted octanol–water partition coefficient (Wildman–Crippen LogP) is 0.806. The van der Waals surface area contributed by atoms with Crippen molar-refractivity contribution in [1.29, 1.82) is 5.26 Å². The predicted molar refractivity (Wildman–Crippen MR) is 67.7 cm³/mol. The third-order valence-corrected chi connectivity index (χ3v) is 4.36. The molecule has 1 N–H and O–H groups in total. The summed E-state index contributed by atoms with van der Waals surface area (Å²) in [5.74, 6) is -0.0218. The van der Waals surface area contributed by atoms with Gasteiger partial charge in [0, 0.05) is 12.6 Å². The highest BCUT2D eigenvalue weighted by Gasteiger charge is 2.58. The van der Waals surface area contributed by atoms with E-state index in [-0.39, 0.29) is 23.7 Å². The van der Waals surface area contributed by atoms with Crippen molar-refractivity contribution in [2.45, 2.75) is 50.6 Å². The average molecular weight is 261 g/mol. The van der Waals surface area contributed by atoms with E-state index in [1.54, 1.807) is 0 Å². The summed E-state index contributed by atoms with van der Waals surface area (Å²) in [4.78, 5) is 25.0. The quantitative estimate of drug-likeness (QED) is 0.718. The molecule has 5 nitrogen and oxygen atoms in total. The second kappa shape index (κ2) is 4.31. The van der Waals surface area contributed by atoms with E-state index in [0.29, 0.717) is 25.4 Å². The molecule has 2 amide bonds. The Balaban J connectivity index is 1.48. The molecule has 3 aliphatic rings. The Kier molecular flexibility index (Phi) is 2.86. The first-order valence-corrected chi connectivity index (χ1v) is 7.08. The van der Waals surface area contributed by atoms with Gasteiger partial charge in [-0.15, -0.1) is 0 Å². The molecule has 102 valence electrons. The van der Waals surface area contributed by atoms with E-state index in [4.69, 9.17) is 0 Å². The maximum absolute atomic E-state index is 11.8. The van der Waals surface area contributed by atoms with E-state index in [1.165, 1.54) is 4.90 Å². The lowest BCUT2D eigenvalue weighted by molar-refractivity contribution is -0.141. The molecule has 2 saturated carbocycles. The van der Waals surface area contributed by atoms with Crippen LogP contribution in [0.3, 0.4) is 0 Å². The topological polar surface area (TPSA) is 73.2 Å². The number of rotatable bonds is 6. The normalized spacial score (nSPS) is 31.9. The minimum Gasteiger partial charge on any atom is -0.297 e. The highest BCUT2D eigenvalue weighted by molar-refractivity contribution is 6.08. The molecule has 0 spiro atoms. The molecule has 1 heterocycles. The second-order valence-electron chi connectivity index (χ2n) is 6.24. The van der Waals surface area contributed by atoms with Crippen molar-refractivity contribution in [3.8, 4) is 6.07 Å². The van der Waals surface area contributed by atoms with Gasteiger partial charge in [-0.3, -0.25) is 19.8 Å². The number of imide groups is 1. The highest BCUT2D eigenvalue weighted by Crippen LogP contribution is 2.47. The van der Waals surface area contributed by atoms with E-state index in [9.17, 15) is 14.9 Å². The molecule has 0 aromatic rings. The largest absolute Gasteiger partial charge is 0.297 e. The Bertz CT molecular complexity index is 446. The first-order chi connectivity index (χ1) is 9.04. The molecule has 1 saturated heterocycles. The third kappa shape index (κ3) is 2.37. The van der Waals surface area contributed by atoms with E-state index < -0.39 is 5.54 Å². The van der Waals surface area contributed by atoms with Gasteiger partial charge in [-0.05, 0) is 39.0 Å². The Morgan fingerprint density at radius 1 is 1.37 bits per heavy atom. The number of carbonyl (C=O) groups is 2. The fourth-order valence-electron chi connectivity index (χ4n) is 2.90. The van der Waals surface area contributed by atoms with Gasteiger partial charge >= 0.3 is 0 Å². The molecule has 0 aromatic heterocycles. The van der Waals surface area contributed by atoms with E-state index in [2.05, 4.69) is 11.4 Å². The summed E-state index contributed by atoms with van der Waals surface area (Å²) in [6, 6.07) is 2.79. The molecule has 0 bridgehead atoms. The van der Waals surface area contributed by atoms with Crippen LogP contribution in [0.25, 0.3) is 0 Å². The van der Waals surface area contributed by atoms with Crippen LogP contribution in [0.5, 0.6) is 0 Å². The second-order valence-corrected chi connectivity index (χ2v) is 6.24. The number of nitrogens with zero attached hydrogens (tertiary/aromatic N) is 2. The van der Waals surface area contributed by atoms with Crippen LogP contribution in [0.15, 0.2) is 0 Å². The molecular weight excluding hydrogens is 242 g/mol. The van der Waals surface area contributed by atoms with Crippen LogP contribution in [0.4, 0.5) is 0 Å². The SMILES string of the molecule is CC(C#N)(CCCN1C(=O)C2CC2C1=O)NC1CC1. The van der Waals surface area contributed by atoms with Crippen molar-refractivity contribution in [1.82, 2.24) is 10.2 Å². The summed E-state index contributed by atoms with van der Waals surface area (Å²) in [5.41, 5.74) is -0.532. The number of piperidine rings is 1. The summed E-state index contributed by atoms with van der Waals surface area (Å²) in [5, 5.41) is 12.6. The molecule has 3 rings (SSSR count). The average Bonchev–Trinajstić information content (AvgIpc) is 3.25. The van der Waals surface area contributed by atoms with Crippen LogP contribution < -0.4 is 5.32 Å². The first kappa shape index (κ1) is 12.6. The summed E-state index contributed by atoms with van der Waals surface area (Å²) in [6.07, 6.45) is 4.41. The van der Waals surface area contributed by atoms with Crippen molar-refractivity contribution in [2.75, 3.05) is 6.54 Å². The third-order valence-electron chi connectivity index (χ3n) is 4.36. The molecule has 2 aliphatic carbocycles. The van der Waals surface area contributed by atoms with Crippen LogP contribution in [0.2, 0.25) is 0 Å². The Morgan fingerprint density at radius 2 is 2.00 bits per heavy atom. The van der Waals surface area contributed by atoms with Gasteiger partial charge in [0.1, 0.15) is 5.54 Å². The number of nitriles is 1. The molecule has 3 unspecified atom stereocenters. The lowest BCUT2D eigenvalue weighted by Gasteiger charge is -2.24. The van der Waals surface area contributed by atoms with Crippen LogP contribution in [0, 0.1) is 23.2 Å². The van der Waals surface area contributed by atoms with E-state index in [0.717, 1.165) is 19.3 Å². The van der Waals surface area contributed by atoms with Crippen molar-refractivity contribution < 1.29 is 9.59 Å². The number of carbonyl (C=O) groups excluding carboxylic acids is 2. The molecule has 3 atom stereocenters. The summed E-state index contributed by atoms with van der Waals surface area (Å²) in [6.45, 7) is 2.37. The van der Waals surface area contributed by atoms with Crippen LogP contribution in [-0.4, -0.2) is 34.8 Å². The number of likely N-dealkylation sites (tertiary alicyclic amines) is 1. The van der Waals surface area contributed by atoms with Gasteiger partial charge in [-0.1, -0.05) is 0 Å². The summed E-state index contributed by atoms with van der Waals surface area (Å²) in [7, 11) is 0. The van der Waals surface area contributed by atoms with Crippen molar-refractivity contribution in [3.05, 3.63) is 0 Å². The highest BCUT2D eigenvalue weighted by atomic mass is 16.2.